The second-order valence-corrected chi connectivity index (χ2v) is 30.9. The van der Waals surface area contributed by atoms with Gasteiger partial charge >= 0.3 is 5.97 Å². The van der Waals surface area contributed by atoms with Crippen LogP contribution in [0.25, 0.3) is 0 Å². The minimum absolute atomic E-state index is 0.0241. The van der Waals surface area contributed by atoms with Crippen LogP contribution in [-0.2, 0) is 14.3 Å². The summed E-state index contributed by atoms with van der Waals surface area (Å²) in [5, 5.41) is 23.3. The molecule has 0 bridgehead atoms. The molecule has 2 unspecified atom stereocenters. The topological polar surface area (TPSA) is 95.9 Å². The fourth-order valence-corrected chi connectivity index (χ4v) is 14.4. The third-order valence-corrected chi connectivity index (χ3v) is 21.2. The van der Waals surface area contributed by atoms with Crippen LogP contribution in [0.5, 0.6) is 0 Å². The number of nitrogens with one attached hydrogen (secondary N) is 1. The lowest BCUT2D eigenvalue weighted by atomic mass is 10.0. The van der Waals surface area contributed by atoms with Gasteiger partial charge in [-0.1, -0.05) is 468 Å². The van der Waals surface area contributed by atoms with E-state index in [1.807, 2.05) is 6.08 Å². The van der Waals surface area contributed by atoms with Gasteiger partial charge in [0.15, 0.2) is 0 Å². The van der Waals surface area contributed by atoms with Gasteiger partial charge in [0.1, 0.15) is 0 Å². The number of carbonyl (C=O) groups is 2. The van der Waals surface area contributed by atoms with E-state index in [4.69, 9.17) is 4.74 Å². The maximum atomic E-state index is 12.6. The van der Waals surface area contributed by atoms with Crippen molar-refractivity contribution in [3.63, 3.8) is 0 Å². The van der Waals surface area contributed by atoms with Crippen LogP contribution in [0.1, 0.15) is 508 Å². The summed E-state index contributed by atoms with van der Waals surface area (Å²) in [5.74, 6) is -0.0354. The van der Waals surface area contributed by atoms with Crippen LogP contribution in [0, 0.1) is 0 Å². The predicted octanol–water partition coefficient (Wildman–Crippen LogP) is 30.1. The molecule has 0 aromatic heterocycles. The molecule has 0 radical (unpaired) electrons. The Morgan fingerprint density at radius 3 is 0.784 bits per heavy atom. The highest BCUT2D eigenvalue weighted by molar-refractivity contribution is 5.76. The number of ether oxygens (including phenoxy) is 1. The summed E-state index contributed by atoms with van der Waals surface area (Å²) >= 11 is 0. The van der Waals surface area contributed by atoms with Gasteiger partial charge in [0.2, 0.25) is 5.91 Å². The molecular formula is C91H175NO5. The van der Waals surface area contributed by atoms with E-state index in [1.165, 1.54) is 437 Å². The third kappa shape index (κ3) is 82.9. The van der Waals surface area contributed by atoms with Gasteiger partial charge in [-0.05, 0) is 64.2 Å². The number of amides is 1. The summed E-state index contributed by atoms with van der Waals surface area (Å²) in [6.07, 6.45) is 115. The molecule has 1 amide bonds. The summed E-state index contributed by atoms with van der Waals surface area (Å²) in [6.45, 7) is 4.97. The van der Waals surface area contributed by atoms with E-state index in [1.54, 1.807) is 6.08 Å². The van der Waals surface area contributed by atoms with E-state index < -0.39 is 12.1 Å². The first-order valence-electron chi connectivity index (χ1n) is 44.8. The maximum absolute atomic E-state index is 12.6. The number of aliphatic hydroxyl groups is 2. The van der Waals surface area contributed by atoms with E-state index in [-0.39, 0.29) is 18.5 Å². The zero-order valence-electron chi connectivity index (χ0n) is 66.1. The Hall–Kier alpha value is -1.92. The normalized spacial score (nSPS) is 12.6. The molecule has 0 saturated heterocycles. The van der Waals surface area contributed by atoms with Gasteiger partial charge in [-0.15, -0.1) is 0 Å². The van der Waals surface area contributed by atoms with Crippen molar-refractivity contribution in [2.45, 2.75) is 520 Å². The quantitative estimate of drug-likeness (QED) is 0.0320. The van der Waals surface area contributed by atoms with Gasteiger partial charge in [-0.3, -0.25) is 9.59 Å². The Kier molecular flexibility index (Phi) is 84.8. The zero-order valence-corrected chi connectivity index (χ0v) is 66.1. The number of unbranched alkanes of at least 4 members (excludes halogenated alkanes) is 70. The molecule has 574 valence electrons. The second kappa shape index (κ2) is 86.5. The largest absolute Gasteiger partial charge is 0.466 e. The lowest BCUT2D eigenvalue weighted by molar-refractivity contribution is -0.143. The first-order valence-corrected chi connectivity index (χ1v) is 44.8. The van der Waals surface area contributed by atoms with Gasteiger partial charge in [-0.25, -0.2) is 0 Å². The van der Waals surface area contributed by atoms with Crippen molar-refractivity contribution in [2.75, 3.05) is 13.2 Å². The molecule has 97 heavy (non-hydrogen) atoms. The average Bonchev–Trinajstić information content (AvgIpc) is 2.45. The standard InChI is InChI=1S/C91H175NO5/c1-3-5-7-9-11-13-15-17-19-21-23-24-25-39-42-45-48-51-55-59-63-67-71-75-79-83-89(94)88(87-93)92-90(95)84-80-76-72-68-64-60-56-52-49-46-43-40-37-35-33-31-29-27-26-28-30-32-34-36-38-41-44-47-50-54-58-62-66-70-74-78-82-86-97-91(96)85-81-77-73-69-65-61-57-53-22-20-18-16-14-12-10-8-6-4-2/h26,28,32,34,79,83,88-89,93-94H,3-25,27,29-31,33,35-78,80-82,84-87H2,1-2H3,(H,92,95)/b28-26-,34-32-,83-79+. The van der Waals surface area contributed by atoms with Crippen LogP contribution in [0.3, 0.4) is 0 Å². The van der Waals surface area contributed by atoms with Crippen LogP contribution >= 0.6 is 0 Å². The van der Waals surface area contributed by atoms with Crippen LogP contribution in [-0.4, -0.2) is 47.4 Å². The van der Waals surface area contributed by atoms with Gasteiger partial charge in [0.05, 0.1) is 25.4 Å². The molecule has 0 fully saturated rings. The van der Waals surface area contributed by atoms with Crippen molar-refractivity contribution in [3.8, 4) is 0 Å². The first kappa shape index (κ1) is 95.1. The van der Waals surface area contributed by atoms with Crippen LogP contribution in [0.4, 0.5) is 0 Å². The molecule has 0 saturated carbocycles. The van der Waals surface area contributed by atoms with Crippen LogP contribution in [0.2, 0.25) is 0 Å². The smallest absolute Gasteiger partial charge is 0.305 e. The van der Waals surface area contributed by atoms with Crippen LogP contribution in [0.15, 0.2) is 36.5 Å². The van der Waals surface area contributed by atoms with Crippen molar-refractivity contribution in [2.24, 2.45) is 0 Å². The van der Waals surface area contributed by atoms with E-state index in [0.29, 0.717) is 19.4 Å². The summed E-state index contributed by atoms with van der Waals surface area (Å²) in [5.41, 5.74) is 0. The fraction of sp³-hybridized carbons (Fsp3) is 0.912. The predicted molar refractivity (Wildman–Crippen MR) is 430 cm³/mol. The number of aliphatic hydroxyl groups excluding tert-OH is 2. The molecule has 6 heteroatoms. The van der Waals surface area contributed by atoms with Gasteiger partial charge in [0.25, 0.3) is 0 Å². The van der Waals surface area contributed by atoms with E-state index in [0.717, 1.165) is 44.9 Å². The molecule has 0 aliphatic rings. The van der Waals surface area contributed by atoms with Gasteiger partial charge in [-0.2, -0.15) is 0 Å². The molecule has 3 N–H and O–H groups in total. The lowest BCUT2D eigenvalue weighted by Gasteiger charge is -2.20. The third-order valence-electron chi connectivity index (χ3n) is 21.2. The van der Waals surface area contributed by atoms with Crippen molar-refractivity contribution in [1.82, 2.24) is 5.32 Å². The monoisotopic (exact) mass is 1360 g/mol. The molecule has 0 aliphatic heterocycles. The summed E-state index contributed by atoms with van der Waals surface area (Å²) in [7, 11) is 0. The highest BCUT2D eigenvalue weighted by Gasteiger charge is 2.18. The zero-order chi connectivity index (χ0) is 69.8. The van der Waals surface area contributed by atoms with E-state index in [2.05, 4.69) is 43.5 Å². The van der Waals surface area contributed by atoms with Gasteiger partial charge in [0, 0.05) is 12.8 Å². The first-order chi connectivity index (χ1) is 48.0. The Bertz CT molecular complexity index is 1570. The minimum atomic E-state index is -0.845. The molecule has 6 nitrogen and oxygen atoms in total. The molecule has 2 atom stereocenters. The Morgan fingerprint density at radius 2 is 0.515 bits per heavy atom. The minimum Gasteiger partial charge on any atom is -0.466 e. The molecule has 0 aromatic rings. The number of allylic oxidation sites excluding steroid dienone is 5. The Morgan fingerprint density at radius 1 is 0.289 bits per heavy atom. The molecule has 0 aliphatic carbocycles. The highest BCUT2D eigenvalue weighted by atomic mass is 16.5. The Balaban J connectivity index is 3.37. The molecule has 0 spiro atoms. The highest BCUT2D eigenvalue weighted by Crippen LogP contribution is 2.21. The average molecular weight is 1360 g/mol. The van der Waals surface area contributed by atoms with E-state index >= 15 is 0 Å². The number of esters is 1. The molecular weight excluding hydrogens is 1190 g/mol. The Labute approximate surface area is 608 Å². The number of rotatable bonds is 85. The molecule has 0 rings (SSSR count). The summed E-state index contributed by atoms with van der Waals surface area (Å²) in [6, 6.07) is -0.628. The van der Waals surface area contributed by atoms with Crippen molar-refractivity contribution in [1.29, 1.82) is 0 Å². The maximum Gasteiger partial charge on any atom is 0.305 e. The molecule has 0 aromatic carbocycles. The van der Waals surface area contributed by atoms with Crippen molar-refractivity contribution >= 4 is 11.9 Å². The van der Waals surface area contributed by atoms with Crippen molar-refractivity contribution in [3.05, 3.63) is 36.5 Å². The SMILES string of the molecule is CCCCCCCCCCCCCCCCCCCCCCCCC/C=C/C(O)C(CO)NC(=O)CCCCCCCCCCCCCCCCCCC/C=C\C/C=C\CCCCCCCCCCCCCCCOC(=O)CCCCCCCCCCCCCCCCCCCC. The number of hydrogen-bond acceptors (Lipinski definition) is 5. The van der Waals surface area contributed by atoms with E-state index in [9.17, 15) is 19.8 Å². The number of carbonyl (C=O) groups excluding carboxylic acids is 2. The lowest BCUT2D eigenvalue weighted by Crippen LogP contribution is -2.45. The molecule has 0 heterocycles. The van der Waals surface area contributed by atoms with Crippen LogP contribution < -0.4 is 5.32 Å². The number of hydrogen-bond donors (Lipinski definition) is 3. The fourth-order valence-electron chi connectivity index (χ4n) is 14.4. The second-order valence-electron chi connectivity index (χ2n) is 30.9. The van der Waals surface area contributed by atoms with Gasteiger partial charge < -0.3 is 20.3 Å². The summed E-state index contributed by atoms with van der Waals surface area (Å²) in [4.78, 5) is 24.7. The van der Waals surface area contributed by atoms with Crippen molar-refractivity contribution < 1.29 is 24.5 Å². The summed E-state index contributed by atoms with van der Waals surface area (Å²) < 4.78 is 5.52.